The number of halogens is 1. The van der Waals surface area contributed by atoms with Crippen LogP contribution in [0.4, 0.5) is 0 Å². The summed E-state index contributed by atoms with van der Waals surface area (Å²) in [7, 11) is 0. The normalized spacial score (nSPS) is 29.9. The number of alkyl halides is 1. The predicted octanol–water partition coefficient (Wildman–Crippen LogP) is 2.41. The highest BCUT2D eigenvalue weighted by Crippen LogP contribution is 2.26. The second kappa shape index (κ2) is 4.52. The Bertz CT molecular complexity index is 213. The molecule has 14 heavy (non-hydrogen) atoms. The van der Waals surface area contributed by atoms with Crippen molar-refractivity contribution in [1.82, 2.24) is 4.90 Å². The van der Waals surface area contributed by atoms with Crippen molar-refractivity contribution in [1.29, 1.82) is 0 Å². The monoisotopic (exact) mass is 215 g/mol. The third-order valence-corrected chi connectivity index (χ3v) is 3.66. The molecule has 0 N–H and O–H groups in total. The highest BCUT2D eigenvalue weighted by atomic mass is 35.5. The quantitative estimate of drug-likeness (QED) is 0.648. The van der Waals surface area contributed by atoms with Crippen molar-refractivity contribution < 1.29 is 4.79 Å². The molecule has 1 aliphatic carbocycles. The maximum Gasteiger partial charge on any atom is 0.224 e. The molecule has 2 nitrogen and oxygen atoms in total. The van der Waals surface area contributed by atoms with Gasteiger partial charge in [0.2, 0.25) is 5.91 Å². The number of likely N-dealkylation sites (tertiary alicyclic amines) is 1. The molecule has 1 aliphatic heterocycles. The van der Waals surface area contributed by atoms with Crippen LogP contribution in [0.2, 0.25) is 0 Å². The average molecular weight is 216 g/mol. The van der Waals surface area contributed by atoms with E-state index >= 15 is 0 Å². The number of hydrogen-bond acceptors (Lipinski definition) is 1. The van der Waals surface area contributed by atoms with E-state index in [1.54, 1.807) is 0 Å². The summed E-state index contributed by atoms with van der Waals surface area (Å²) in [5.41, 5.74) is 0. The Morgan fingerprint density at radius 1 is 1.29 bits per heavy atom. The lowest BCUT2D eigenvalue weighted by Gasteiger charge is -2.26. The van der Waals surface area contributed by atoms with E-state index in [1.165, 1.54) is 32.1 Å². The van der Waals surface area contributed by atoms with Gasteiger partial charge in [0, 0.05) is 19.5 Å². The summed E-state index contributed by atoms with van der Waals surface area (Å²) in [6.07, 6.45) is 7.22. The SMILES string of the molecule is O=C1CC(Cl)CN1CC1CCCCC1. The second-order valence-electron chi connectivity index (χ2n) is 4.60. The molecule has 1 unspecified atom stereocenters. The number of nitrogens with zero attached hydrogens (tertiary/aromatic N) is 1. The van der Waals surface area contributed by atoms with Crippen LogP contribution in [-0.2, 0) is 4.79 Å². The van der Waals surface area contributed by atoms with E-state index in [0.717, 1.165) is 19.0 Å². The second-order valence-corrected chi connectivity index (χ2v) is 5.22. The molecular weight excluding hydrogens is 198 g/mol. The van der Waals surface area contributed by atoms with Gasteiger partial charge in [0.05, 0.1) is 5.38 Å². The van der Waals surface area contributed by atoms with Gasteiger partial charge in [-0.15, -0.1) is 11.6 Å². The molecule has 2 rings (SSSR count). The summed E-state index contributed by atoms with van der Waals surface area (Å²) in [4.78, 5) is 13.5. The first-order valence-electron chi connectivity index (χ1n) is 5.67. The minimum Gasteiger partial charge on any atom is -0.341 e. The minimum absolute atomic E-state index is 0.0612. The highest BCUT2D eigenvalue weighted by molar-refractivity contribution is 6.22. The average Bonchev–Trinajstić information content (AvgIpc) is 2.47. The van der Waals surface area contributed by atoms with Gasteiger partial charge in [-0.25, -0.2) is 0 Å². The van der Waals surface area contributed by atoms with Gasteiger partial charge in [0.15, 0.2) is 0 Å². The lowest BCUT2D eigenvalue weighted by Crippen LogP contribution is -2.31. The lowest BCUT2D eigenvalue weighted by molar-refractivity contribution is -0.128. The largest absolute Gasteiger partial charge is 0.341 e. The predicted molar refractivity (Wildman–Crippen MR) is 57.4 cm³/mol. The van der Waals surface area contributed by atoms with Crippen LogP contribution < -0.4 is 0 Å². The molecule has 0 spiro atoms. The summed E-state index contributed by atoms with van der Waals surface area (Å²) < 4.78 is 0. The van der Waals surface area contributed by atoms with E-state index in [4.69, 9.17) is 11.6 Å². The van der Waals surface area contributed by atoms with Crippen LogP contribution in [0.5, 0.6) is 0 Å². The zero-order valence-corrected chi connectivity index (χ0v) is 9.30. The van der Waals surface area contributed by atoms with Gasteiger partial charge in [0.25, 0.3) is 0 Å². The van der Waals surface area contributed by atoms with Gasteiger partial charge in [-0.05, 0) is 18.8 Å². The summed E-state index contributed by atoms with van der Waals surface area (Å²) in [5.74, 6) is 1.00. The summed E-state index contributed by atoms with van der Waals surface area (Å²) in [5, 5.41) is 0.0612. The fourth-order valence-electron chi connectivity index (χ4n) is 2.58. The molecule has 2 aliphatic rings. The van der Waals surface area contributed by atoms with Crippen LogP contribution >= 0.6 is 11.6 Å². The van der Waals surface area contributed by atoms with Gasteiger partial charge in [-0.3, -0.25) is 4.79 Å². The molecular formula is C11H18ClNO. The zero-order valence-electron chi connectivity index (χ0n) is 8.54. The maximum atomic E-state index is 11.5. The van der Waals surface area contributed by atoms with Crippen molar-refractivity contribution >= 4 is 17.5 Å². The molecule has 1 saturated carbocycles. The number of rotatable bonds is 2. The van der Waals surface area contributed by atoms with Crippen LogP contribution in [0.15, 0.2) is 0 Å². The van der Waals surface area contributed by atoms with E-state index in [1.807, 2.05) is 4.90 Å². The van der Waals surface area contributed by atoms with Crippen molar-refractivity contribution in [2.75, 3.05) is 13.1 Å². The first-order chi connectivity index (χ1) is 6.75. The fourth-order valence-corrected chi connectivity index (χ4v) is 2.88. The van der Waals surface area contributed by atoms with Gasteiger partial charge in [-0.2, -0.15) is 0 Å². The van der Waals surface area contributed by atoms with Gasteiger partial charge in [-0.1, -0.05) is 19.3 Å². The number of amides is 1. The molecule has 3 heteroatoms. The molecule has 0 radical (unpaired) electrons. The topological polar surface area (TPSA) is 20.3 Å². The summed E-state index contributed by atoms with van der Waals surface area (Å²) >= 11 is 5.96. The van der Waals surface area contributed by atoms with E-state index in [-0.39, 0.29) is 11.3 Å². The van der Waals surface area contributed by atoms with Crippen LogP contribution in [0.3, 0.4) is 0 Å². The summed E-state index contributed by atoms with van der Waals surface area (Å²) in [6, 6.07) is 0. The number of carbonyl (C=O) groups excluding carboxylic acids is 1. The lowest BCUT2D eigenvalue weighted by atomic mass is 9.89. The molecule has 0 aromatic rings. The first-order valence-corrected chi connectivity index (χ1v) is 6.11. The van der Waals surface area contributed by atoms with Crippen LogP contribution in [0.25, 0.3) is 0 Å². The van der Waals surface area contributed by atoms with Crippen molar-refractivity contribution in [2.45, 2.75) is 43.9 Å². The van der Waals surface area contributed by atoms with E-state index in [2.05, 4.69) is 0 Å². The van der Waals surface area contributed by atoms with E-state index in [0.29, 0.717) is 6.42 Å². The standard InChI is InChI=1S/C11H18ClNO/c12-10-6-11(14)13(8-10)7-9-4-2-1-3-5-9/h9-10H,1-8H2. The minimum atomic E-state index is 0.0612. The third-order valence-electron chi connectivity index (χ3n) is 3.37. The molecule has 80 valence electrons. The Kier molecular flexibility index (Phi) is 3.32. The Labute approximate surface area is 90.6 Å². The van der Waals surface area contributed by atoms with Gasteiger partial charge < -0.3 is 4.90 Å². The molecule has 1 heterocycles. The Hall–Kier alpha value is -0.240. The van der Waals surface area contributed by atoms with Crippen molar-refractivity contribution in [3.63, 3.8) is 0 Å². The molecule has 0 aromatic carbocycles. The van der Waals surface area contributed by atoms with Gasteiger partial charge in [0.1, 0.15) is 0 Å². The Morgan fingerprint density at radius 2 is 2.00 bits per heavy atom. The molecule has 0 bridgehead atoms. The Balaban J connectivity index is 1.81. The highest BCUT2D eigenvalue weighted by Gasteiger charge is 2.29. The zero-order chi connectivity index (χ0) is 9.97. The van der Waals surface area contributed by atoms with Crippen LogP contribution in [-0.4, -0.2) is 29.3 Å². The first kappa shape index (κ1) is 10.3. The fraction of sp³-hybridized carbons (Fsp3) is 0.909. The summed E-state index contributed by atoms with van der Waals surface area (Å²) in [6.45, 7) is 1.74. The maximum absolute atomic E-state index is 11.5. The van der Waals surface area contributed by atoms with Crippen LogP contribution in [0.1, 0.15) is 38.5 Å². The van der Waals surface area contributed by atoms with E-state index < -0.39 is 0 Å². The Morgan fingerprint density at radius 3 is 2.57 bits per heavy atom. The molecule has 2 fully saturated rings. The number of hydrogen-bond donors (Lipinski definition) is 0. The van der Waals surface area contributed by atoms with E-state index in [9.17, 15) is 4.79 Å². The molecule has 0 aromatic heterocycles. The number of carbonyl (C=O) groups is 1. The van der Waals surface area contributed by atoms with Crippen LogP contribution in [0, 0.1) is 5.92 Å². The third kappa shape index (κ3) is 2.41. The molecule has 1 saturated heterocycles. The smallest absolute Gasteiger partial charge is 0.224 e. The molecule has 1 amide bonds. The van der Waals surface area contributed by atoms with Crippen molar-refractivity contribution in [3.8, 4) is 0 Å². The van der Waals surface area contributed by atoms with Gasteiger partial charge >= 0.3 is 0 Å². The molecule has 1 atom stereocenters. The van der Waals surface area contributed by atoms with Crippen molar-refractivity contribution in [3.05, 3.63) is 0 Å². The van der Waals surface area contributed by atoms with Crippen molar-refractivity contribution in [2.24, 2.45) is 5.92 Å².